The molecule has 4 aromatic heterocycles. The van der Waals surface area contributed by atoms with Gasteiger partial charge in [-0.3, -0.25) is 10.1 Å². The van der Waals surface area contributed by atoms with Crippen molar-refractivity contribution in [3.05, 3.63) is 83.8 Å². The van der Waals surface area contributed by atoms with E-state index in [9.17, 15) is 12.8 Å². The maximum absolute atomic E-state index is 15.0. The molecule has 12 heteroatoms. The number of aromatic nitrogens is 6. The largest absolute Gasteiger partial charge is 0.335 e. The lowest BCUT2D eigenvalue weighted by molar-refractivity contribution is 0.586. The quantitative estimate of drug-likeness (QED) is 0.274. The van der Waals surface area contributed by atoms with E-state index in [-0.39, 0.29) is 6.54 Å². The Bertz CT molecular complexity index is 2000. The van der Waals surface area contributed by atoms with Gasteiger partial charge < -0.3 is 4.98 Å². The zero-order valence-electron chi connectivity index (χ0n) is 20.8. The zero-order valence-corrected chi connectivity index (χ0v) is 21.6. The van der Waals surface area contributed by atoms with Crippen molar-refractivity contribution in [2.75, 3.05) is 6.26 Å². The number of aryl methyl sites for hydroxylation is 1. The number of imidazole rings is 1. The number of hydrogen-bond acceptors (Lipinski definition) is 6. The summed E-state index contributed by atoms with van der Waals surface area (Å²) in [4.78, 5) is 16.3. The van der Waals surface area contributed by atoms with Crippen molar-refractivity contribution in [3.8, 4) is 33.8 Å². The van der Waals surface area contributed by atoms with E-state index in [1.807, 2.05) is 13.0 Å². The summed E-state index contributed by atoms with van der Waals surface area (Å²) in [7, 11) is -3.45. The second-order valence-corrected chi connectivity index (χ2v) is 11.1. The number of halogens is 2. The van der Waals surface area contributed by atoms with Gasteiger partial charge in [-0.1, -0.05) is 0 Å². The minimum atomic E-state index is -3.45. The summed E-state index contributed by atoms with van der Waals surface area (Å²) < 4.78 is 54.9. The molecule has 6 rings (SSSR count). The zero-order chi connectivity index (χ0) is 27.3. The van der Waals surface area contributed by atoms with E-state index in [4.69, 9.17) is 0 Å². The van der Waals surface area contributed by atoms with Gasteiger partial charge in [-0.15, -0.1) is 0 Å². The molecule has 39 heavy (non-hydrogen) atoms. The number of pyridine rings is 2. The Morgan fingerprint density at radius 2 is 1.85 bits per heavy atom. The predicted octanol–water partition coefficient (Wildman–Crippen LogP) is 4.87. The first kappa shape index (κ1) is 24.8. The van der Waals surface area contributed by atoms with Crippen LogP contribution in [0, 0.1) is 18.6 Å². The lowest BCUT2D eigenvalue weighted by Crippen LogP contribution is -2.21. The Morgan fingerprint density at radius 3 is 2.64 bits per heavy atom. The van der Waals surface area contributed by atoms with Gasteiger partial charge in [0.15, 0.2) is 11.5 Å². The number of benzene rings is 2. The van der Waals surface area contributed by atoms with Crippen molar-refractivity contribution in [1.29, 1.82) is 0 Å². The molecule has 196 valence electrons. The van der Waals surface area contributed by atoms with Gasteiger partial charge in [0.2, 0.25) is 10.0 Å². The number of H-pyrrole nitrogens is 2. The summed E-state index contributed by atoms with van der Waals surface area (Å²) in [6.45, 7) is 1.83. The van der Waals surface area contributed by atoms with E-state index in [0.717, 1.165) is 11.8 Å². The van der Waals surface area contributed by atoms with Crippen LogP contribution in [0.3, 0.4) is 0 Å². The van der Waals surface area contributed by atoms with E-state index in [0.29, 0.717) is 61.4 Å². The number of nitrogens with one attached hydrogen (secondary N) is 3. The van der Waals surface area contributed by atoms with Crippen LogP contribution in [-0.4, -0.2) is 44.8 Å². The second-order valence-electron chi connectivity index (χ2n) is 9.22. The maximum atomic E-state index is 15.0. The summed E-state index contributed by atoms with van der Waals surface area (Å²) in [6.07, 6.45) is 5.87. The molecular formula is C27H21F2N7O2S. The standard InChI is InChI=1S/C27H21F2N7O2S/c1-14-3-5-30-13-21(14)19-10-20-23(11-22(19)29)35-36-25(20)27-33-24-18(4-6-31-26(24)34-27)16-7-15(8-17(28)9-16)12-32-39(2,37)38/h3-11,13,32H,12H2,1-2H3,(H,35,36)(H,31,33,34). The van der Waals surface area contributed by atoms with Gasteiger partial charge in [0.05, 0.1) is 17.3 Å². The molecule has 0 spiro atoms. The van der Waals surface area contributed by atoms with Crippen LogP contribution in [0.4, 0.5) is 8.78 Å². The number of aromatic amines is 2. The molecule has 0 saturated heterocycles. The Labute approximate surface area is 221 Å². The van der Waals surface area contributed by atoms with Crippen LogP contribution in [0.15, 0.2) is 61.1 Å². The topological polar surface area (TPSA) is 129 Å². The van der Waals surface area contributed by atoms with Gasteiger partial charge in [-0.25, -0.2) is 31.9 Å². The molecule has 0 aliphatic heterocycles. The molecule has 0 atom stereocenters. The monoisotopic (exact) mass is 545 g/mol. The summed E-state index contributed by atoms with van der Waals surface area (Å²) >= 11 is 0. The second kappa shape index (κ2) is 9.33. The van der Waals surface area contributed by atoms with Gasteiger partial charge in [-0.05, 0) is 60.0 Å². The van der Waals surface area contributed by atoms with Crippen molar-refractivity contribution in [2.24, 2.45) is 0 Å². The van der Waals surface area contributed by atoms with Gasteiger partial charge in [0.25, 0.3) is 0 Å². The summed E-state index contributed by atoms with van der Waals surface area (Å²) in [6, 6.07) is 11.0. The third-order valence-corrected chi connectivity index (χ3v) is 7.07. The molecule has 0 fully saturated rings. The molecule has 0 aliphatic rings. The number of fused-ring (bicyclic) bond motifs is 2. The van der Waals surface area contributed by atoms with Gasteiger partial charge in [0.1, 0.15) is 17.3 Å². The molecule has 0 aliphatic carbocycles. The highest BCUT2D eigenvalue weighted by Crippen LogP contribution is 2.34. The van der Waals surface area contributed by atoms with Crippen molar-refractivity contribution in [2.45, 2.75) is 13.5 Å². The normalized spacial score (nSPS) is 12.0. The molecule has 2 aromatic carbocycles. The van der Waals surface area contributed by atoms with Crippen LogP contribution < -0.4 is 4.72 Å². The highest BCUT2D eigenvalue weighted by molar-refractivity contribution is 7.88. The molecule has 0 bridgehead atoms. The Kier molecular flexibility index (Phi) is 5.92. The first-order valence-electron chi connectivity index (χ1n) is 11.8. The van der Waals surface area contributed by atoms with E-state index in [1.165, 1.54) is 18.2 Å². The van der Waals surface area contributed by atoms with Crippen molar-refractivity contribution >= 4 is 32.1 Å². The molecule has 6 aromatic rings. The first-order valence-corrected chi connectivity index (χ1v) is 13.7. The van der Waals surface area contributed by atoms with E-state index in [2.05, 4.69) is 34.9 Å². The van der Waals surface area contributed by atoms with Gasteiger partial charge in [0, 0.05) is 53.3 Å². The number of nitrogens with zero attached hydrogens (tertiary/aromatic N) is 4. The number of sulfonamides is 1. The number of rotatable bonds is 6. The fourth-order valence-corrected chi connectivity index (χ4v) is 4.99. The first-order chi connectivity index (χ1) is 18.7. The fourth-order valence-electron chi connectivity index (χ4n) is 4.56. The van der Waals surface area contributed by atoms with Crippen LogP contribution in [0.1, 0.15) is 11.1 Å². The third kappa shape index (κ3) is 4.75. The van der Waals surface area contributed by atoms with Crippen molar-refractivity contribution in [3.63, 3.8) is 0 Å². The van der Waals surface area contributed by atoms with E-state index >= 15 is 4.39 Å². The van der Waals surface area contributed by atoms with E-state index in [1.54, 1.807) is 36.8 Å². The van der Waals surface area contributed by atoms with Crippen LogP contribution in [0.2, 0.25) is 0 Å². The Morgan fingerprint density at radius 1 is 1.00 bits per heavy atom. The minimum absolute atomic E-state index is 0.0550. The highest BCUT2D eigenvalue weighted by Gasteiger charge is 2.19. The van der Waals surface area contributed by atoms with Crippen LogP contribution >= 0.6 is 0 Å². The molecule has 4 heterocycles. The lowest BCUT2D eigenvalue weighted by atomic mass is 10.00. The van der Waals surface area contributed by atoms with Crippen LogP contribution in [0.25, 0.3) is 55.8 Å². The number of hydrogen-bond donors (Lipinski definition) is 3. The average molecular weight is 546 g/mol. The van der Waals surface area contributed by atoms with Crippen molar-refractivity contribution in [1.82, 2.24) is 34.9 Å². The van der Waals surface area contributed by atoms with Crippen LogP contribution in [0.5, 0.6) is 0 Å². The molecule has 0 saturated carbocycles. The van der Waals surface area contributed by atoms with Crippen molar-refractivity contribution < 1.29 is 17.2 Å². The molecule has 9 nitrogen and oxygen atoms in total. The average Bonchev–Trinajstić information content (AvgIpc) is 3.50. The SMILES string of the molecule is Cc1ccncc1-c1cc2c(-c3nc4nccc(-c5cc(F)cc(CNS(C)(=O)=O)c5)c4[nH]3)n[nH]c2cc1F. The van der Waals surface area contributed by atoms with Gasteiger partial charge in [-0.2, -0.15) is 5.10 Å². The Hall–Kier alpha value is -4.55. The molecular weight excluding hydrogens is 524 g/mol. The molecule has 3 N–H and O–H groups in total. The fraction of sp³-hybridized carbons (Fsp3) is 0.111. The predicted molar refractivity (Wildman–Crippen MR) is 144 cm³/mol. The maximum Gasteiger partial charge on any atom is 0.209 e. The molecule has 0 unspecified atom stereocenters. The smallest absolute Gasteiger partial charge is 0.209 e. The van der Waals surface area contributed by atoms with Crippen LogP contribution in [-0.2, 0) is 16.6 Å². The summed E-state index contributed by atoms with van der Waals surface area (Å²) in [5.41, 5.74) is 5.42. The highest BCUT2D eigenvalue weighted by atomic mass is 32.2. The lowest BCUT2D eigenvalue weighted by Gasteiger charge is -2.08. The third-order valence-electron chi connectivity index (χ3n) is 6.40. The minimum Gasteiger partial charge on any atom is -0.335 e. The van der Waals surface area contributed by atoms with E-state index < -0.39 is 21.7 Å². The summed E-state index contributed by atoms with van der Waals surface area (Å²) in [5.74, 6) is -0.525. The summed E-state index contributed by atoms with van der Waals surface area (Å²) in [5, 5.41) is 7.89. The molecule has 0 radical (unpaired) electrons. The molecule has 0 amide bonds. The van der Waals surface area contributed by atoms with Gasteiger partial charge >= 0.3 is 0 Å². The Balaban J connectivity index is 1.46.